The Balaban J connectivity index is 1.68. The number of nitrogens with one attached hydrogen (secondary N) is 1. The molecule has 0 aliphatic rings. The first-order valence-corrected chi connectivity index (χ1v) is 9.81. The molecule has 0 radical (unpaired) electrons. The number of carbonyl (C=O) groups excluding carboxylic acids is 1. The van der Waals surface area contributed by atoms with Crippen LogP contribution in [-0.4, -0.2) is 27.3 Å². The van der Waals surface area contributed by atoms with Crippen LogP contribution < -0.4 is 21.5 Å². The lowest BCUT2D eigenvalue weighted by Gasteiger charge is -2.16. The van der Waals surface area contributed by atoms with E-state index in [1.807, 2.05) is 47.0 Å². The van der Waals surface area contributed by atoms with Gasteiger partial charge in [0.2, 0.25) is 0 Å². The number of aromatic nitrogens is 2. The second kappa shape index (κ2) is 9.91. The topological polar surface area (TPSA) is 128 Å². The van der Waals surface area contributed by atoms with E-state index in [4.69, 9.17) is 16.2 Å². The van der Waals surface area contributed by atoms with Crippen molar-refractivity contribution in [1.82, 2.24) is 9.55 Å². The number of primary amides is 1. The number of hydrogen-bond acceptors (Lipinski definition) is 5. The third kappa shape index (κ3) is 4.97. The van der Waals surface area contributed by atoms with Crippen molar-refractivity contribution in [3.8, 4) is 17.0 Å². The monoisotopic (exact) mass is 409 g/mol. The van der Waals surface area contributed by atoms with Crippen LogP contribution in [0.2, 0.25) is 0 Å². The molecule has 0 bridgehead atoms. The molecule has 0 aliphatic heterocycles. The first-order chi connectivity index (χ1) is 14.5. The molecule has 3 rings (SSSR count). The van der Waals surface area contributed by atoms with Gasteiger partial charge in [-0.15, -0.1) is 0 Å². The van der Waals surface area contributed by atoms with Crippen LogP contribution in [0.1, 0.15) is 30.7 Å². The van der Waals surface area contributed by atoms with Gasteiger partial charge in [-0.3, -0.25) is 0 Å². The van der Waals surface area contributed by atoms with Crippen LogP contribution in [0.3, 0.4) is 0 Å². The second-order valence-electron chi connectivity index (χ2n) is 6.90. The number of imidazole rings is 1. The molecule has 30 heavy (non-hydrogen) atoms. The molecule has 1 heterocycles. The number of para-hydroxylation sites is 1. The molecule has 2 amide bonds. The molecule has 0 aliphatic carbocycles. The average Bonchev–Trinajstić information content (AvgIpc) is 3.16. The van der Waals surface area contributed by atoms with E-state index in [9.17, 15) is 9.90 Å². The molecule has 6 N–H and O–H groups in total. The van der Waals surface area contributed by atoms with Crippen LogP contribution in [0.5, 0.6) is 5.75 Å². The molecule has 0 spiro atoms. The minimum atomic E-state index is -0.672. The number of aliphatic hydroxyl groups is 1. The number of amides is 2. The van der Waals surface area contributed by atoms with Gasteiger partial charge in [-0.05, 0) is 25.0 Å². The van der Waals surface area contributed by atoms with Gasteiger partial charge in [-0.1, -0.05) is 42.5 Å². The van der Waals surface area contributed by atoms with Crippen LogP contribution in [0.4, 0.5) is 10.5 Å². The highest BCUT2D eigenvalue weighted by Crippen LogP contribution is 2.29. The van der Waals surface area contributed by atoms with Gasteiger partial charge in [0, 0.05) is 18.7 Å². The number of anilines is 1. The Hall–Kier alpha value is -3.36. The number of carbonyl (C=O) groups is 1. The Morgan fingerprint density at radius 3 is 2.67 bits per heavy atom. The van der Waals surface area contributed by atoms with E-state index in [2.05, 4.69) is 10.3 Å². The van der Waals surface area contributed by atoms with E-state index in [0.717, 1.165) is 22.5 Å². The van der Waals surface area contributed by atoms with E-state index in [1.54, 1.807) is 19.3 Å². The van der Waals surface area contributed by atoms with Crippen LogP contribution in [0.25, 0.3) is 11.3 Å². The summed E-state index contributed by atoms with van der Waals surface area (Å²) in [6, 6.07) is 14.5. The van der Waals surface area contributed by atoms with Crippen molar-refractivity contribution in [2.75, 3.05) is 11.9 Å². The number of nitrogens with two attached hydrogens (primary N) is 2. The molecule has 1 unspecified atom stereocenters. The first-order valence-electron chi connectivity index (χ1n) is 9.81. The third-order valence-electron chi connectivity index (χ3n) is 4.70. The molecule has 0 saturated carbocycles. The highest BCUT2D eigenvalue weighted by molar-refractivity contribution is 5.90. The number of aryl methyl sites for hydroxylation is 1. The number of hydrogen-bond donors (Lipinski definition) is 4. The highest BCUT2D eigenvalue weighted by Gasteiger charge is 2.17. The second-order valence-corrected chi connectivity index (χ2v) is 6.90. The van der Waals surface area contributed by atoms with Gasteiger partial charge in [-0.25, -0.2) is 9.78 Å². The van der Waals surface area contributed by atoms with Gasteiger partial charge >= 0.3 is 6.03 Å². The van der Waals surface area contributed by atoms with Crippen molar-refractivity contribution in [2.24, 2.45) is 11.5 Å². The van der Waals surface area contributed by atoms with Gasteiger partial charge in [0.1, 0.15) is 5.75 Å². The lowest BCUT2D eigenvalue weighted by atomic mass is 10.1. The molecule has 8 nitrogen and oxygen atoms in total. The van der Waals surface area contributed by atoms with Gasteiger partial charge in [-0.2, -0.15) is 0 Å². The fraction of sp³-hybridized carbons (Fsp3) is 0.273. The smallest absolute Gasteiger partial charge is 0.316 e. The minimum Gasteiger partial charge on any atom is -0.491 e. The fourth-order valence-electron chi connectivity index (χ4n) is 3.38. The molecule has 8 heteroatoms. The lowest BCUT2D eigenvalue weighted by molar-refractivity contribution is 0.188. The third-order valence-corrected chi connectivity index (χ3v) is 4.70. The molecule has 3 aromatic rings. The Bertz CT molecular complexity index is 986. The number of rotatable bonds is 9. The Morgan fingerprint density at radius 2 is 2.00 bits per heavy atom. The summed E-state index contributed by atoms with van der Waals surface area (Å²) in [7, 11) is 0. The Labute approximate surface area is 175 Å². The standard InChI is InChI=1S/C22H27N5O3/c1-15(28)21-20(16-7-3-2-4-8-16)25-14-27(21)11-6-12-30-18-10-5-9-17(13-23)19(18)26-22(24)29/h2-5,7-10,14-15,28H,6,11-13,23H2,1H3,(H3,24,26,29). The molecular weight excluding hydrogens is 382 g/mol. The average molecular weight is 409 g/mol. The van der Waals surface area contributed by atoms with Crippen molar-refractivity contribution < 1.29 is 14.6 Å². The molecular formula is C22H27N5O3. The predicted octanol–water partition coefficient (Wildman–Crippen LogP) is 3.02. The Kier molecular flexibility index (Phi) is 7.05. The van der Waals surface area contributed by atoms with E-state index in [1.165, 1.54) is 0 Å². The van der Waals surface area contributed by atoms with E-state index in [0.29, 0.717) is 31.0 Å². The van der Waals surface area contributed by atoms with Crippen molar-refractivity contribution in [3.05, 3.63) is 66.1 Å². The van der Waals surface area contributed by atoms with Crippen LogP contribution in [0.15, 0.2) is 54.9 Å². The lowest BCUT2D eigenvalue weighted by Crippen LogP contribution is -2.21. The number of benzene rings is 2. The molecule has 1 aromatic heterocycles. The quantitative estimate of drug-likeness (QED) is 0.404. The van der Waals surface area contributed by atoms with Gasteiger partial charge < -0.3 is 31.2 Å². The SMILES string of the molecule is CC(O)c1c(-c2ccccc2)ncn1CCCOc1cccc(CN)c1NC(N)=O. The summed E-state index contributed by atoms with van der Waals surface area (Å²) in [6.07, 6.45) is 1.75. The molecule has 2 aromatic carbocycles. The van der Waals surface area contributed by atoms with Crippen LogP contribution in [-0.2, 0) is 13.1 Å². The van der Waals surface area contributed by atoms with Crippen molar-refractivity contribution >= 4 is 11.7 Å². The van der Waals surface area contributed by atoms with E-state index < -0.39 is 12.1 Å². The molecule has 1 atom stereocenters. The molecule has 0 saturated heterocycles. The summed E-state index contributed by atoms with van der Waals surface area (Å²) in [5.41, 5.74) is 14.7. The van der Waals surface area contributed by atoms with Crippen molar-refractivity contribution in [2.45, 2.75) is 32.5 Å². The fourth-order valence-corrected chi connectivity index (χ4v) is 3.38. The van der Waals surface area contributed by atoms with E-state index >= 15 is 0 Å². The van der Waals surface area contributed by atoms with Gasteiger partial charge in [0.15, 0.2) is 0 Å². The number of aliphatic hydroxyl groups excluding tert-OH is 1. The normalized spacial score (nSPS) is 11.8. The van der Waals surface area contributed by atoms with Crippen molar-refractivity contribution in [3.63, 3.8) is 0 Å². The highest BCUT2D eigenvalue weighted by atomic mass is 16.5. The zero-order chi connectivity index (χ0) is 21.5. The van der Waals surface area contributed by atoms with Gasteiger partial charge in [0.25, 0.3) is 0 Å². The van der Waals surface area contributed by atoms with Crippen LogP contribution >= 0.6 is 0 Å². The first kappa shape index (κ1) is 21.4. The van der Waals surface area contributed by atoms with E-state index in [-0.39, 0.29) is 6.54 Å². The summed E-state index contributed by atoms with van der Waals surface area (Å²) < 4.78 is 7.81. The predicted molar refractivity (Wildman–Crippen MR) is 116 cm³/mol. The number of nitrogens with zero attached hydrogens (tertiary/aromatic N) is 2. The maximum absolute atomic E-state index is 11.3. The maximum Gasteiger partial charge on any atom is 0.316 e. The summed E-state index contributed by atoms with van der Waals surface area (Å²) in [6.45, 7) is 3.01. The van der Waals surface area contributed by atoms with Crippen molar-refractivity contribution in [1.29, 1.82) is 0 Å². The Morgan fingerprint density at radius 1 is 1.23 bits per heavy atom. The zero-order valence-corrected chi connectivity index (χ0v) is 16.9. The summed E-state index contributed by atoms with van der Waals surface area (Å²) in [5, 5.41) is 12.9. The maximum atomic E-state index is 11.3. The molecule has 0 fully saturated rings. The summed E-state index contributed by atoms with van der Waals surface area (Å²) in [5.74, 6) is 0.517. The zero-order valence-electron chi connectivity index (χ0n) is 16.9. The number of urea groups is 1. The number of ether oxygens (including phenoxy) is 1. The summed E-state index contributed by atoms with van der Waals surface area (Å²) >= 11 is 0. The largest absolute Gasteiger partial charge is 0.491 e. The van der Waals surface area contributed by atoms with Gasteiger partial charge in [0.05, 0.1) is 36.1 Å². The van der Waals surface area contributed by atoms with Crippen LogP contribution in [0, 0.1) is 0 Å². The summed E-state index contributed by atoms with van der Waals surface area (Å²) in [4.78, 5) is 15.8. The minimum absolute atomic E-state index is 0.252. The molecule has 158 valence electrons.